The lowest BCUT2D eigenvalue weighted by atomic mass is 9.44. The minimum atomic E-state index is -1.83. The molecule has 6 rings (SSSR count). The van der Waals surface area contributed by atoms with Crippen LogP contribution in [-0.4, -0.2) is 59.4 Å². The summed E-state index contributed by atoms with van der Waals surface area (Å²) in [6.45, 7) is 13.3. The summed E-state index contributed by atoms with van der Waals surface area (Å²) in [5, 5.41) is 11.6. The molecule has 5 aliphatic rings. The maximum Gasteiger partial charge on any atom is 0.374 e. The van der Waals surface area contributed by atoms with Crippen molar-refractivity contribution < 1.29 is 57.2 Å². The van der Waals surface area contributed by atoms with Crippen LogP contribution in [0.25, 0.3) is 0 Å². The minimum Gasteiger partial charge on any atom is -0.502 e. The maximum absolute atomic E-state index is 13.3. The number of methoxy groups -OCH3 is 1. The van der Waals surface area contributed by atoms with Gasteiger partial charge in [-0.2, -0.15) is 0 Å². The number of carbonyl (C=O) groups is 5. The van der Waals surface area contributed by atoms with Crippen molar-refractivity contribution in [3.63, 3.8) is 0 Å². The van der Waals surface area contributed by atoms with E-state index in [0.29, 0.717) is 29.6 Å². The topological polar surface area (TPSA) is 165 Å². The van der Waals surface area contributed by atoms with E-state index in [4.69, 9.17) is 28.1 Å². The van der Waals surface area contributed by atoms with E-state index < -0.39 is 81.2 Å². The van der Waals surface area contributed by atoms with Gasteiger partial charge in [0.05, 0.1) is 19.6 Å². The lowest BCUT2D eigenvalue weighted by molar-refractivity contribution is -0.276. The Morgan fingerprint density at radius 3 is 2.34 bits per heavy atom. The third kappa shape index (κ3) is 4.02. The van der Waals surface area contributed by atoms with Crippen molar-refractivity contribution >= 4 is 29.8 Å². The van der Waals surface area contributed by atoms with E-state index in [-0.39, 0.29) is 24.8 Å². The van der Waals surface area contributed by atoms with Crippen LogP contribution >= 0.6 is 0 Å². The largest absolute Gasteiger partial charge is 0.502 e. The number of carbonyl (C=O) groups excluding carboxylic acids is 5. The molecular weight excluding hydrogens is 612 g/mol. The fraction of sp³-hybridized carbons (Fsp3) is 0.571. The second kappa shape index (κ2) is 10.3. The Bertz CT molecular complexity index is 1680. The van der Waals surface area contributed by atoms with Crippen LogP contribution < -0.4 is 0 Å². The lowest BCUT2D eigenvalue weighted by Crippen LogP contribution is -2.75. The molecule has 12 nitrogen and oxygen atoms in total. The van der Waals surface area contributed by atoms with Gasteiger partial charge in [0.15, 0.2) is 17.3 Å². The molecule has 1 aromatic heterocycles. The summed E-state index contributed by atoms with van der Waals surface area (Å²) in [6.07, 6.45) is 1.44. The van der Waals surface area contributed by atoms with E-state index in [2.05, 4.69) is 6.58 Å². The van der Waals surface area contributed by atoms with E-state index in [0.717, 1.165) is 5.57 Å². The Balaban J connectivity index is 1.70. The molecule has 1 N–H and O–H groups in total. The molecule has 0 amide bonds. The van der Waals surface area contributed by atoms with Gasteiger partial charge in [0.25, 0.3) is 0 Å². The molecule has 12 heteroatoms. The Kier molecular flexibility index (Phi) is 7.16. The SMILES string of the molecule is C=C(C)C(=O)O[C@H]1[C@]2(C)C[C@]3(OC(C)=O)[C@@]1(OC(C)=O)CC1=C(CC[C@]4(C)C1=C(O)C(=O)O[C@H]4c1ccoc1)[C@]3(C)[C@H]2CC(=O)OC. The molecule has 47 heavy (non-hydrogen) atoms. The zero-order chi connectivity index (χ0) is 34.5. The first kappa shape index (κ1) is 32.6. The first-order chi connectivity index (χ1) is 21.9. The van der Waals surface area contributed by atoms with Crippen molar-refractivity contribution in [3.8, 4) is 0 Å². The number of hydrogen-bond acceptors (Lipinski definition) is 12. The summed E-state index contributed by atoms with van der Waals surface area (Å²) in [5.41, 5.74) is -4.49. The number of rotatable bonds is 7. The zero-order valence-corrected chi connectivity index (χ0v) is 27.6. The third-order valence-corrected chi connectivity index (χ3v) is 11.8. The van der Waals surface area contributed by atoms with Crippen molar-refractivity contribution in [2.45, 2.75) is 97.1 Å². The van der Waals surface area contributed by atoms with Crippen LogP contribution in [0.3, 0.4) is 0 Å². The summed E-state index contributed by atoms with van der Waals surface area (Å²) in [7, 11) is 1.27. The number of fused-ring (bicyclic) bond motifs is 4. The number of aliphatic hydroxyl groups is 1. The first-order valence-corrected chi connectivity index (χ1v) is 15.7. The molecular formula is C35H40O12. The van der Waals surface area contributed by atoms with Crippen molar-refractivity contribution in [2.75, 3.05) is 7.11 Å². The van der Waals surface area contributed by atoms with Gasteiger partial charge < -0.3 is 33.2 Å². The Morgan fingerprint density at radius 1 is 1.09 bits per heavy atom. The molecule has 2 fully saturated rings. The lowest BCUT2D eigenvalue weighted by Gasteiger charge is -2.65. The second-order valence-corrected chi connectivity index (χ2v) is 14.3. The molecule has 252 valence electrons. The van der Waals surface area contributed by atoms with Gasteiger partial charge in [-0.15, -0.1) is 0 Å². The average molecular weight is 653 g/mol. The van der Waals surface area contributed by atoms with E-state index in [1.165, 1.54) is 40.4 Å². The summed E-state index contributed by atoms with van der Waals surface area (Å²) in [6, 6.07) is 1.69. The molecule has 8 atom stereocenters. The number of hydrogen-bond donors (Lipinski definition) is 1. The maximum atomic E-state index is 13.3. The van der Waals surface area contributed by atoms with Gasteiger partial charge in [0.2, 0.25) is 5.76 Å². The Morgan fingerprint density at radius 2 is 1.77 bits per heavy atom. The number of furan rings is 1. The van der Waals surface area contributed by atoms with Gasteiger partial charge in [0.1, 0.15) is 6.10 Å². The highest BCUT2D eigenvalue weighted by Gasteiger charge is 2.90. The highest BCUT2D eigenvalue weighted by atomic mass is 16.6. The molecule has 0 spiro atoms. The second-order valence-electron chi connectivity index (χ2n) is 14.3. The van der Waals surface area contributed by atoms with Crippen molar-refractivity contribution in [1.82, 2.24) is 0 Å². The minimum absolute atomic E-state index is 0.0813. The van der Waals surface area contributed by atoms with E-state index in [1.54, 1.807) is 6.07 Å². The number of esters is 5. The molecule has 0 saturated heterocycles. The van der Waals surface area contributed by atoms with Gasteiger partial charge >= 0.3 is 29.8 Å². The quantitative estimate of drug-likeness (QED) is 0.241. The monoisotopic (exact) mass is 652 g/mol. The smallest absolute Gasteiger partial charge is 0.374 e. The number of aliphatic hydroxyl groups excluding tert-OH is 1. The first-order valence-electron chi connectivity index (χ1n) is 15.7. The molecule has 2 saturated carbocycles. The predicted molar refractivity (Wildman–Crippen MR) is 161 cm³/mol. The Hall–Kier alpha value is -4.35. The zero-order valence-electron chi connectivity index (χ0n) is 27.6. The van der Waals surface area contributed by atoms with Gasteiger partial charge in [-0.05, 0) is 37.3 Å². The molecule has 0 aromatic carbocycles. The van der Waals surface area contributed by atoms with Gasteiger partial charge in [0, 0.05) is 66.1 Å². The summed E-state index contributed by atoms with van der Waals surface area (Å²) in [4.78, 5) is 66.1. The molecule has 4 aliphatic carbocycles. The summed E-state index contributed by atoms with van der Waals surface area (Å²) in [5.74, 6) is -4.90. The molecule has 1 aliphatic heterocycles. The third-order valence-electron chi connectivity index (χ3n) is 11.8. The number of cyclic esters (lactones) is 1. The molecule has 1 aromatic rings. The van der Waals surface area contributed by atoms with Crippen LogP contribution in [0.4, 0.5) is 0 Å². The van der Waals surface area contributed by atoms with Crippen LogP contribution in [0.1, 0.15) is 85.3 Å². The van der Waals surface area contributed by atoms with Gasteiger partial charge in [-0.1, -0.05) is 32.9 Å². The predicted octanol–water partition coefficient (Wildman–Crippen LogP) is 4.89. The Labute approximate surface area is 272 Å². The van der Waals surface area contributed by atoms with Crippen LogP contribution in [0.5, 0.6) is 0 Å². The summed E-state index contributed by atoms with van der Waals surface area (Å²) >= 11 is 0. The number of ether oxygens (including phenoxy) is 5. The van der Waals surface area contributed by atoms with Crippen LogP contribution in [0.2, 0.25) is 0 Å². The van der Waals surface area contributed by atoms with Crippen molar-refractivity contribution in [2.24, 2.45) is 22.2 Å². The standard InChI is InChI=1S/C35H40O12/c1-17(2)28(40)45-30-32(6)16-35(47-19(4)37)33(7,23(32)13-24(38)42-8)22-9-11-31(5)25(21(22)14-34(30,35)46-18(3)36)26(39)29(41)44-27(31)20-10-12-43-15-20/h10,12,15,23,27,30,39H,1,9,11,13-14,16H2,2-8H3/t23-,27-,30-,31+,32+,33+,34+,35+/m0/s1. The highest BCUT2D eigenvalue weighted by molar-refractivity contribution is 5.90. The van der Waals surface area contributed by atoms with E-state index >= 15 is 0 Å². The van der Waals surface area contributed by atoms with Gasteiger partial charge in [-0.25, -0.2) is 9.59 Å². The summed E-state index contributed by atoms with van der Waals surface area (Å²) < 4.78 is 35.2. The van der Waals surface area contributed by atoms with Crippen LogP contribution in [-0.2, 0) is 47.7 Å². The van der Waals surface area contributed by atoms with E-state index in [9.17, 15) is 29.1 Å². The van der Waals surface area contributed by atoms with Crippen LogP contribution in [0, 0.1) is 22.2 Å². The fourth-order valence-electron chi connectivity index (χ4n) is 10.2. The van der Waals surface area contributed by atoms with E-state index in [1.807, 2.05) is 20.8 Å². The van der Waals surface area contributed by atoms with Crippen molar-refractivity contribution in [3.05, 3.63) is 58.8 Å². The van der Waals surface area contributed by atoms with Crippen LogP contribution in [0.15, 0.2) is 57.6 Å². The molecule has 2 heterocycles. The van der Waals surface area contributed by atoms with Gasteiger partial charge in [-0.3, -0.25) is 14.4 Å². The molecule has 2 bridgehead atoms. The normalized spacial score (nSPS) is 38.2. The highest BCUT2D eigenvalue weighted by Crippen LogP contribution is 2.81. The molecule has 0 unspecified atom stereocenters. The average Bonchev–Trinajstić information content (AvgIpc) is 3.63. The molecule has 0 radical (unpaired) electrons. The fourth-order valence-corrected chi connectivity index (χ4v) is 10.2. The van der Waals surface area contributed by atoms with Crippen molar-refractivity contribution in [1.29, 1.82) is 0 Å².